The summed E-state index contributed by atoms with van der Waals surface area (Å²) in [5, 5.41) is 18.1. The number of nitrogens with zero attached hydrogens (tertiary/aromatic N) is 4. The van der Waals surface area contributed by atoms with E-state index in [1.54, 1.807) is 4.90 Å². The number of rotatable bonds is 5. The molecule has 0 spiro atoms. The van der Waals surface area contributed by atoms with Crippen LogP contribution in [0.4, 0.5) is 0 Å². The Morgan fingerprint density at radius 3 is 2.56 bits per heavy atom. The number of benzene rings is 1. The van der Waals surface area contributed by atoms with Crippen molar-refractivity contribution in [2.75, 3.05) is 13.1 Å². The van der Waals surface area contributed by atoms with Gasteiger partial charge >= 0.3 is 0 Å². The van der Waals surface area contributed by atoms with E-state index in [0.29, 0.717) is 25.9 Å². The molecule has 0 unspecified atom stereocenters. The van der Waals surface area contributed by atoms with Crippen molar-refractivity contribution in [1.82, 2.24) is 19.9 Å². The predicted octanol–water partition coefficient (Wildman–Crippen LogP) is 0.349. The minimum atomic E-state index is -0.725. The molecule has 1 aromatic carbocycles. The Kier molecular flexibility index (Phi) is 5.08. The third kappa shape index (κ3) is 4.03. The summed E-state index contributed by atoms with van der Waals surface area (Å²) in [6, 6.07) is 9.24. The number of aromatic nitrogens is 3. The molecular weight excluding hydrogens is 322 g/mol. The van der Waals surface area contributed by atoms with Gasteiger partial charge in [0.2, 0.25) is 5.91 Å². The Balaban J connectivity index is 1.59. The lowest BCUT2D eigenvalue weighted by Crippen LogP contribution is -2.41. The second-order valence-electron chi connectivity index (χ2n) is 6.22. The first-order valence-electron chi connectivity index (χ1n) is 8.26. The molecule has 0 bridgehead atoms. The summed E-state index contributed by atoms with van der Waals surface area (Å²) in [6.45, 7) is 1.17. The zero-order valence-corrected chi connectivity index (χ0v) is 13.8. The number of hydrogen-bond acceptors (Lipinski definition) is 5. The smallest absolute Gasteiger partial charge is 0.276 e. The molecule has 8 nitrogen and oxygen atoms in total. The van der Waals surface area contributed by atoms with Crippen molar-refractivity contribution in [1.29, 1.82) is 0 Å². The molecule has 1 aromatic heterocycles. The van der Waals surface area contributed by atoms with Crippen molar-refractivity contribution in [2.24, 2.45) is 11.7 Å². The Hall–Kier alpha value is -2.74. The van der Waals surface area contributed by atoms with Gasteiger partial charge in [-0.2, -0.15) is 0 Å². The summed E-state index contributed by atoms with van der Waals surface area (Å²) in [5.74, 6) is -0.697. The average Bonchev–Trinajstić information content (AvgIpc) is 3.10. The molecule has 2 aromatic rings. The summed E-state index contributed by atoms with van der Waals surface area (Å²) in [6.07, 6.45) is 1.95. The number of piperidine rings is 1. The summed E-state index contributed by atoms with van der Waals surface area (Å²) in [5.41, 5.74) is 6.32. The Bertz CT molecular complexity index is 738. The van der Waals surface area contributed by atoms with E-state index in [-0.39, 0.29) is 30.0 Å². The zero-order chi connectivity index (χ0) is 17.8. The van der Waals surface area contributed by atoms with Crippen molar-refractivity contribution in [3.8, 4) is 0 Å². The van der Waals surface area contributed by atoms with E-state index in [0.717, 1.165) is 5.56 Å². The molecule has 1 aliphatic rings. The standard InChI is InChI=1S/C17H21N5O3/c18-16(24)13-6-8-21(9-7-13)17(25)14-10-22(20-19-14)11-15(23)12-4-2-1-3-5-12/h1-5,10,13,15,23H,6-9,11H2,(H2,18,24)/t15-/m0/s1. The van der Waals surface area contributed by atoms with E-state index in [1.807, 2.05) is 30.3 Å². The van der Waals surface area contributed by atoms with Crippen LogP contribution < -0.4 is 5.73 Å². The van der Waals surface area contributed by atoms with Crippen molar-refractivity contribution in [3.05, 3.63) is 47.8 Å². The molecule has 2 heterocycles. The van der Waals surface area contributed by atoms with Gasteiger partial charge in [0.1, 0.15) is 0 Å². The number of aliphatic hydroxyl groups excluding tert-OH is 1. The minimum absolute atomic E-state index is 0.166. The number of carbonyl (C=O) groups excluding carboxylic acids is 2. The first-order valence-corrected chi connectivity index (χ1v) is 8.26. The van der Waals surface area contributed by atoms with Gasteiger partial charge in [0.15, 0.2) is 5.69 Å². The highest BCUT2D eigenvalue weighted by Crippen LogP contribution is 2.18. The normalized spacial score (nSPS) is 16.6. The molecule has 132 valence electrons. The summed E-state index contributed by atoms with van der Waals surface area (Å²) < 4.78 is 1.46. The molecule has 3 N–H and O–H groups in total. The number of aliphatic hydroxyl groups is 1. The maximum Gasteiger partial charge on any atom is 0.276 e. The molecule has 2 amide bonds. The third-order valence-corrected chi connectivity index (χ3v) is 4.49. The maximum atomic E-state index is 12.5. The molecule has 3 rings (SSSR count). The van der Waals surface area contributed by atoms with Crippen LogP contribution in [0, 0.1) is 5.92 Å². The van der Waals surface area contributed by atoms with Crippen LogP contribution in [-0.2, 0) is 11.3 Å². The van der Waals surface area contributed by atoms with E-state index in [9.17, 15) is 14.7 Å². The van der Waals surface area contributed by atoms with Gasteiger partial charge in [0.25, 0.3) is 5.91 Å². The van der Waals surface area contributed by atoms with E-state index in [4.69, 9.17) is 5.73 Å². The van der Waals surface area contributed by atoms with Gasteiger partial charge in [-0.25, -0.2) is 4.68 Å². The van der Waals surface area contributed by atoms with E-state index in [1.165, 1.54) is 10.9 Å². The van der Waals surface area contributed by atoms with Crippen molar-refractivity contribution < 1.29 is 14.7 Å². The molecular formula is C17H21N5O3. The molecule has 1 aliphatic heterocycles. The van der Waals surface area contributed by atoms with Crippen molar-refractivity contribution in [3.63, 3.8) is 0 Å². The van der Waals surface area contributed by atoms with Gasteiger partial charge in [-0.15, -0.1) is 5.10 Å². The van der Waals surface area contributed by atoms with Gasteiger partial charge < -0.3 is 15.7 Å². The fourth-order valence-electron chi connectivity index (χ4n) is 2.97. The first kappa shape index (κ1) is 17.1. The molecule has 1 fully saturated rings. The molecule has 0 radical (unpaired) electrons. The summed E-state index contributed by atoms with van der Waals surface area (Å²) in [7, 11) is 0. The Labute approximate surface area is 145 Å². The summed E-state index contributed by atoms with van der Waals surface area (Å²) >= 11 is 0. The number of hydrogen-bond donors (Lipinski definition) is 2. The largest absolute Gasteiger partial charge is 0.386 e. The number of carbonyl (C=O) groups is 2. The van der Waals surface area contributed by atoms with Crippen LogP contribution in [0.2, 0.25) is 0 Å². The first-order chi connectivity index (χ1) is 12.0. The number of amides is 2. The zero-order valence-electron chi connectivity index (χ0n) is 13.8. The molecule has 1 atom stereocenters. The average molecular weight is 343 g/mol. The number of primary amides is 1. The van der Waals surface area contributed by atoms with Crippen LogP contribution in [0.3, 0.4) is 0 Å². The number of likely N-dealkylation sites (tertiary alicyclic amines) is 1. The lowest BCUT2D eigenvalue weighted by Gasteiger charge is -2.29. The third-order valence-electron chi connectivity index (χ3n) is 4.49. The second-order valence-corrected chi connectivity index (χ2v) is 6.22. The van der Waals surface area contributed by atoms with Crippen LogP contribution in [0.5, 0.6) is 0 Å². The van der Waals surface area contributed by atoms with Crippen molar-refractivity contribution >= 4 is 11.8 Å². The summed E-state index contributed by atoms with van der Waals surface area (Å²) in [4.78, 5) is 25.3. The molecule has 0 saturated carbocycles. The predicted molar refractivity (Wildman–Crippen MR) is 89.2 cm³/mol. The molecule has 0 aliphatic carbocycles. The Morgan fingerprint density at radius 1 is 1.24 bits per heavy atom. The van der Waals surface area contributed by atoms with Crippen LogP contribution in [0.25, 0.3) is 0 Å². The van der Waals surface area contributed by atoms with Crippen LogP contribution in [0.15, 0.2) is 36.5 Å². The van der Waals surface area contributed by atoms with Gasteiger partial charge in [0.05, 0.1) is 18.8 Å². The highest BCUT2D eigenvalue weighted by Gasteiger charge is 2.27. The van der Waals surface area contributed by atoms with Gasteiger partial charge in [-0.3, -0.25) is 9.59 Å². The SMILES string of the molecule is NC(=O)C1CCN(C(=O)c2cn(C[C@H](O)c3ccccc3)nn2)CC1. The van der Waals surface area contributed by atoms with Crippen LogP contribution >= 0.6 is 0 Å². The monoisotopic (exact) mass is 343 g/mol. The van der Waals surface area contributed by atoms with Crippen molar-refractivity contribution in [2.45, 2.75) is 25.5 Å². The quantitative estimate of drug-likeness (QED) is 0.813. The molecule has 25 heavy (non-hydrogen) atoms. The van der Waals surface area contributed by atoms with Gasteiger partial charge in [-0.05, 0) is 18.4 Å². The van der Waals surface area contributed by atoms with E-state index < -0.39 is 6.10 Å². The topological polar surface area (TPSA) is 114 Å². The lowest BCUT2D eigenvalue weighted by molar-refractivity contribution is -0.123. The number of nitrogens with two attached hydrogens (primary N) is 1. The highest BCUT2D eigenvalue weighted by atomic mass is 16.3. The second kappa shape index (κ2) is 7.43. The van der Waals surface area contributed by atoms with E-state index in [2.05, 4.69) is 10.3 Å². The maximum absolute atomic E-state index is 12.5. The van der Waals surface area contributed by atoms with Crippen LogP contribution in [0.1, 0.15) is 35.0 Å². The van der Waals surface area contributed by atoms with E-state index >= 15 is 0 Å². The minimum Gasteiger partial charge on any atom is -0.386 e. The molecule has 8 heteroatoms. The Morgan fingerprint density at radius 2 is 1.92 bits per heavy atom. The highest BCUT2D eigenvalue weighted by molar-refractivity contribution is 5.92. The fourth-order valence-corrected chi connectivity index (χ4v) is 2.97. The van der Waals surface area contributed by atoms with Gasteiger partial charge in [0, 0.05) is 19.0 Å². The van der Waals surface area contributed by atoms with Gasteiger partial charge in [-0.1, -0.05) is 35.5 Å². The molecule has 1 saturated heterocycles. The van der Waals surface area contributed by atoms with Crippen LogP contribution in [-0.4, -0.2) is 49.9 Å². The lowest BCUT2D eigenvalue weighted by atomic mass is 9.96. The fraction of sp³-hybridized carbons (Fsp3) is 0.412.